The molecule has 1 heterocycles. The zero-order chi connectivity index (χ0) is 18.7. The molecule has 2 rings (SSSR count). The van der Waals surface area contributed by atoms with Crippen molar-refractivity contribution in [2.45, 2.75) is 20.4 Å². The van der Waals surface area contributed by atoms with Gasteiger partial charge in [-0.3, -0.25) is 4.79 Å². The summed E-state index contributed by atoms with van der Waals surface area (Å²) in [6.45, 7) is 7.77. The number of nitrogen functional groups attached to an aromatic ring is 1. The van der Waals surface area contributed by atoms with Crippen molar-refractivity contribution in [3.8, 4) is 11.1 Å². The minimum atomic E-state index is -0.529. The maximum Gasteiger partial charge on any atom is 0.258 e. The van der Waals surface area contributed by atoms with Gasteiger partial charge in [0.1, 0.15) is 11.6 Å². The van der Waals surface area contributed by atoms with E-state index >= 15 is 0 Å². The Hall–Kier alpha value is -2.41. The lowest BCUT2D eigenvalue weighted by Crippen LogP contribution is -2.24. The van der Waals surface area contributed by atoms with Crippen LogP contribution >= 0.6 is 15.9 Å². The molecule has 0 spiro atoms. The van der Waals surface area contributed by atoms with Crippen LogP contribution in [-0.2, 0) is 6.54 Å². The lowest BCUT2D eigenvalue weighted by molar-refractivity contribution is 0.632. The van der Waals surface area contributed by atoms with Gasteiger partial charge in [-0.05, 0) is 44.3 Å². The van der Waals surface area contributed by atoms with Crippen LogP contribution in [0.15, 0.2) is 38.3 Å². The number of hydrogen-bond donors (Lipinski definition) is 2. The molecule has 0 aliphatic carbocycles. The number of hydrogen-bond acceptors (Lipinski definition) is 4. The molecule has 2 aromatic rings. The first-order valence-electron chi connectivity index (χ1n) is 7.69. The number of aromatic nitrogens is 1. The summed E-state index contributed by atoms with van der Waals surface area (Å²) >= 11 is 3.32. The zero-order valence-electron chi connectivity index (χ0n) is 14.4. The molecule has 25 heavy (non-hydrogen) atoms. The van der Waals surface area contributed by atoms with Crippen molar-refractivity contribution >= 4 is 34.4 Å². The predicted molar refractivity (Wildman–Crippen MR) is 105 cm³/mol. The topological polar surface area (TPSA) is 72.4 Å². The van der Waals surface area contributed by atoms with E-state index in [0.29, 0.717) is 28.0 Å². The lowest BCUT2D eigenvalue weighted by atomic mass is 10.0. The molecule has 0 saturated heterocycles. The summed E-state index contributed by atoms with van der Waals surface area (Å²) in [5.74, 6) is 0.0306. The maximum atomic E-state index is 13.6. The van der Waals surface area contributed by atoms with E-state index in [0.717, 1.165) is 11.3 Å². The van der Waals surface area contributed by atoms with Crippen LogP contribution in [0.3, 0.4) is 0 Å². The molecule has 7 heteroatoms. The Kier molecular flexibility index (Phi) is 5.79. The number of aliphatic imine (C=N–C) groups is 1. The van der Waals surface area contributed by atoms with E-state index in [-0.39, 0.29) is 11.2 Å². The predicted octanol–water partition coefficient (Wildman–Crippen LogP) is 3.55. The number of nitrogens with two attached hydrogens (primary N) is 1. The second-order valence-corrected chi connectivity index (χ2v) is 6.32. The minimum absolute atomic E-state index is 0.00407. The fourth-order valence-corrected chi connectivity index (χ4v) is 3.15. The largest absolute Gasteiger partial charge is 0.396 e. The van der Waals surface area contributed by atoms with E-state index < -0.39 is 5.82 Å². The number of nitrogens with one attached hydrogen (secondary N) is 1. The minimum Gasteiger partial charge on any atom is -0.396 e. The van der Waals surface area contributed by atoms with Crippen molar-refractivity contribution in [1.82, 2.24) is 9.88 Å². The molecule has 0 bridgehead atoms. The summed E-state index contributed by atoms with van der Waals surface area (Å²) < 4.78 is 15.7. The molecule has 132 valence electrons. The molecular formula is C18H20BrFN4O. The van der Waals surface area contributed by atoms with Crippen molar-refractivity contribution in [3.63, 3.8) is 0 Å². The van der Waals surface area contributed by atoms with Crippen molar-refractivity contribution < 1.29 is 4.39 Å². The summed E-state index contributed by atoms with van der Waals surface area (Å²) in [7, 11) is 1.73. The van der Waals surface area contributed by atoms with E-state index in [1.54, 1.807) is 23.8 Å². The molecule has 0 unspecified atom stereocenters. The standard InChI is InChI=1S/C18H20BrFN4O/c1-5-24-16(9-17(22-3)23-4)10(2)6-12(18(24)25)11-7-15(21)14(20)8-13(11)19/h6-9,23H,3,5,21H2,1-2,4H3/b17-9+. The van der Waals surface area contributed by atoms with Crippen molar-refractivity contribution in [2.75, 3.05) is 12.8 Å². The van der Waals surface area contributed by atoms with E-state index in [1.165, 1.54) is 12.1 Å². The smallest absolute Gasteiger partial charge is 0.258 e. The van der Waals surface area contributed by atoms with Crippen LogP contribution in [0.25, 0.3) is 17.2 Å². The third-order valence-corrected chi connectivity index (χ3v) is 4.58. The fraction of sp³-hybridized carbons (Fsp3) is 0.222. The lowest BCUT2D eigenvalue weighted by Gasteiger charge is -2.15. The first-order chi connectivity index (χ1) is 11.8. The highest BCUT2D eigenvalue weighted by molar-refractivity contribution is 9.10. The second-order valence-electron chi connectivity index (χ2n) is 5.47. The number of nitrogens with zero attached hydrogens (tertiary/aromatic N) is 2. The molecule has 0 saturated carbocycles. The Morgan fingerprint density at radius 1 is 1.44 bits per heavy atom. The highest BCUT2D eigenvalue weighted by Crippen LogP contribution is 2.31. The molecule has 0 fully saturated rings. The van der Waals surface area contributed by atoms with E-state index in [1.807, 2.05) is 13.8 Å². The van der Waals surface area contributed by atoms with Gasteiger partial charge in [-0.2, -0.15) is 0 Å². The molecule has 3 N–H and O–H groups in total. The average molecular weight is 407 g/mol. The third-order valence-electron chi connectivity index (χ3n) is 3.92. The zero-order valence-corrected chi connectivity index (χ0v) is 15.9. The van der Waals surface area contributed by atoms with Gasteiger partial charge < -0.3 is 15.6 Å². The third kappa shape index (κ3) is 3.66. The molecule has 5 nitrogen and oxygen atoms in total. The van der Waals surface area contributed by atoms with Crippen LogP contribution in [0.4, 0.5) is 10.1 Å². The van der Waals surface area contributed by atoms with E-state index in [2.05, 4.69) is 33.0 Å². The molecule has 1 aromatic heterocycles. The summed E-state index contributed by atoms with van der Waals surface area (Å²) in [6, 6.07) is 4.51. The first-order valence-corrected chi connectivity index (χ1v) is 8.48. The number of benzene rings is 1. The Bertz CT molecular complexity index is 918. The van der Waals surface area contributed by atoms with Crippen LogP contribution in [0.5, 0.6) is 0 Å². The highest BCUT2D eigenvalue weighted by atomic mass is 79.9. The van der Waals surface area contributed by atoms with Gasteiger partial charge in [0.05, 0.1) is 11.4 Å². The van der Waals surface area contributed by atoms with Gasteiger partial charge in [-0.15, -0.1) is 0 Å². The number of rotatable bonds is 5. The van der Waals surface area contributed by atoms with Gasteiger partial charge in [0, 0.05) is 35.3 Å². The number of halogens is 2. The quantitative estimate of drug-likeness (QED) is 0.588. The van der Waals surface area contributed by atoms with Crippen molar-refractivity contribution in [2.24, 2.45) is 4.99 Å². The van der Waals surface area contributed by atoms with Crippen molar-refractivity contribution in [3.05, 3.63) is 55.9 Å². The summed E-state index contributed by atoms with van der Waals surface area (Å²) in [5.41, 5.74) is 8.10. The molecule has 1 aromatic carbocycles. The normalized spacial score (nSPS) is 11.5. The van der Waals surface area contributed by atoms with Crippen LogP contribution < -0.4 is 16.6 Å². The van der Waals surface area contributed by atoms with E-state index in [9.17, 15) is 9.18 Å². The van der Waals surface area contributed by atoms with Crippen LogP contribution in [0.2, 0.25) is 0 Å². The molecule has 0 aliphatic heterocycles. The van der Waals surface area contributed by atoms with Crippen LogP contribution in [0.1, 0.15) is 18.2 Å². The van der Waals surface area contributed by atoms with Gasteiger partial charge in [-0.1, -0.05) is 15.9 Å². The van der Waals surface area contributed by atoms with Gasteiger partial charge in [0.2, 0.25) is 0 Å². The van der Waals surface area contributed by atoms with Gasteiger partial charge >= 0.3 is 0 Å². The fourth-order valence-electron chi connectivity index (χ4n) is 2.62. The molecule has 0 aliphatic rings. The van der Waals surface area contributed by atoms with Crippen LogP contribution in [-0.4, -0.2) is 18.3 Å². The molecule has 0 amide bonds. The van der Waals surface area contributed by atoms with E-state index in [4.69, 9.17) is 5.73 Å². The first kappa shape index (κ1) is 18.9. The summed E-state index contributed by atoms with van der Waals surface area (Å²) in [5, 5.41) is 2.92. The molecule has 0 atom stereocenters. The Balaban J connectivity index is 2.79. The Morgan fingerprint density at radius 3 is 2.68 bits per heavy atom. The van der Waals surface area contributed by atoms with Crippen molar-refractivity contribution in [1.29, 1.82) is 0 Å². The summed E-state index contributed by atoms with van der Waals surface area (Å²) in [6.07, 6.45) is 1.77. The second kappa shape index (κ2) is 7.65. The Morgan fingerprint density at radius 2 is 2.12 bits per heavy atom. The average Bonchev–Trinajstić information content (AvgIpc) is 2.58. The molecular weight excluding hydrogens is 387 g/mol. The number of anilines is 1. The number of pyridine rings is 1. The monoisotopic (exact) mass is 406 g/mol. The van der Waals surface area contributed by atoms with Crippen LogP contribution in [0, 0.1) is 12.7 Å². The molecule has 0 radical (unpaired) electrons. The Labute approximate surface area is 154 Å². The van der Waals surface area contributed by atoms with Gasteiger partial charge in [0.25, 0.3) is 5.56 Å². The maximum absolute atomic E-state index is 13.6. The number of aryl methyl sites for hydroxylation is 1. The van der Waals surface area contributed by atoms with Gasteiger partial charge in [0.15, 0.2) is 0 Å². The SMILES string of the molecule is C=N/C(=C\c1c(C)cc(-c2cc(N)c(F)cc2Br)c(=O)n1CC)NC. The summed E-state index contributed by atoms with van der Waals surface area (Å²) in [4.78, 5) is 16.9. The van der Waals surface area contributed by atoms with Gasteiger partial charge in [-0.25, -0.2) is 9.38 Å². The highest BCUT2D eigenvalue weighted by Gasteiger charge is 2.16.